The molecule has 4 N–H and O–H groups in total. The summed E-state index contributed by atoms with van der Waals surface area (Å²) in [7, 11) is 0. The van der Waals surface area contributed by atoms with Crippen molar-refractivity contribution in [3.63, 3.8) is 0 Å². The number of hydrogen-bond acceptors (Lipinski definition) is 9. The van der Waals surface area contributed by atoms with Crippen molar-refractivity contribution in [2.75, 3.05) is 49.6 Å². The van der Waals surface area contributed by atoms with Crippen molar-refractivity contribution in [1.82, 2.24) is 25.4 Å². The van der Waals surface area contributed by atoms with Crippen molar-refractivity contribution in [2.24, 2.45) is 5.73 Å². The van der Waals surface area contributed by atoms with E-state index in [2.05, 4.69) is 37.7 Å². The molecule has 1 atom stereocenters. The van der Waals surface area contributed by atoms with Crippen LogP contribution in [0.25, 0.3) is 0 Å². The maximum atomic E-state index is 12.7. The number of primary amides is 1. The van der Waals surface area contributed by atoms with Gasteiger partial charge in [0.15, 0.2) is 11.5 Å². The van der Waals surface area contributed by atoms with Gasteiger partial charge in [0.1, 0.15) is 0 Å². The molecule has 3 heterocycles. The number of hydrogen-bond donors (Lipinski definition) is 3. The summed E-state index contributed by atoms with van der Waals surface area (Å²) in [5, 5.41) is 14.0. The summed E-state index contributed by atoms with van der Waals surface area (Å²) in [6, 6.07) is 6.75. The molecule has 1 aromatic carbocycles. The van der Waals surface area contributed by atoms with Crippen LogP contribution in [0.15, 0.2) is 24.3 Å². The molecule has 4 rings (SSSR count). The smallest absolute Gasteiger partial charge is 0.296 e. The van der Waals surface area contributed by atoms with Crippen molar-refractivity contribution in [2.45, 2.75) is 25.8 Å². The highest BCUT2D eigenvalue weighted by Gasteiger charge is 2.25. The Morgan fingerprint density at radius 2 is 1.86 bits per heavy atom. The lowest BCUT2D eigenvalue weighted by atomic mass is 10.1. The molecule has 0 spiro atoms. The first-order chi connectivity index (χ1) is 17.4. The summed E-state index contributed by atoms with van der Waals surface area (Å²) in [6.07, 6.45) is 1.62. The van der Waals surface area contributed by atoms with Crippen LogP contribution in [0.4, 0.5) is 17.5 Å². The third kappa shape index (κ3) is 6.05. The first-order valence-corrected chi connectivity index (χ1v) is 11.7. The molecular weight excluding hydrogens is 464 g/mol. The summed E-state index contributed by atoms with van der Waals surface area (Å²) in [5.41, 5.74) is 6.54. The molecule has 0 bridgehead atoms. The summed E-state index contributed by atoms with van der Waals surface area (Å²) < 4.78 is 5.30. The van der Waals surface area contributed by atoms with Crippen molar-refractivity contribution in [3.8, 4) is 11.8 Å². The Labute approximate surface area is 208 Å². The standard InChI is InChI=1S/C24H28N8O4/c1-2-4-19(33)26-18-5-3-10-32(15-18)24-28-22(20(21(25)34)29-30-24)27-17-8-6-16(7-9-17)23(35)31-11-13-36-14-12-31/h6-9,18H,3,5,10-15H2,1H3,(H2,25,34)(H,26,33)(H,27,28,30). The van der Waals surface area contributed by atoms with E-state index in [1.165, 1.54) is 0 Å². The third-order valence-corrected chi connectivity index (χ3v) is 5.88. The topological polar surface area (TPSA) is 156 Å². The molecule has 2 aromatic rings. The zero-order valence-corrected chi connectivity index (χ0v) is 20.0. The van der Waals surface area contributed by atoms with Crippen molar-refractivity contribution < 1.29 is 19.1 Å². The van der Waals surface area contributed by atoms with E-state index >= 15 is 0 Å². The zero-order valence-electron chi connectivity index (χ0n) is 20.0. The molecule has 2 aliphatic heterocycles. The normalized spacial score (nSPS) is 17.5. The number of amides is 3. The lowest BCUT2D eigenvalue weighted by Gasteiger charge is -2.32. The van der Waals surface area contributed by atoms with E-state index in [0.29, 0.717) is 56.6 Å². The number of carbonyl (C=O) groups excluding carboxylic acids is 3. The van der Waals surface area contributed by atoms with Crippen LogP contribution < -0.4 is 21.3 Å². The third-order valence-electron chi connectivity index (χ3n) is 5.88. The second-order valence-electron chi connectivity index (χ2n) is 8.41. The quantitative estimate of drug-likeness (QED) is 0.483. The first-order valence-electron chi connectivity index (χ1n) is 11.7. The number of piperidine rings is 1. The largest absolute Gasteiger partial charge is 0.378 e. The van der Waals surface area contributed by atoms with Gasteiger partial charge in [-0.25, -0.2) is 0 Å². The van der Waals surface area contributed by atoms with E-state index in [0.717, 1.165) is 12.8 Å². The Kier molecular flexibility index (Phi) is 7.92. The molecule has 0 radical (unpaired) electrons. The summed E-state index contributed by atoms with van der Waals surface area (Å²) in [5.74, 6) is 4.36. The van der Waals surface area contributed by atoms with Gasteiger partial charge in [0.25, 0.3) is 17.7 Å². The first kappa shape index (κ1) is 24.9. The predicted molar refractivity (Wildman–Crippen MR) is 132 cm³/mol. The van der Waals surface area contributed by atoms with Gasteiger partial charge in [0, 0.05) is 43.5 Å². The van der Waals surface area contributed by atoms with E-state index in [1.54, 1.807) is 36.1 Å². The fraction of sp³-hybridized carbons (Fsp3) is 0.417. The highest BCUT2D eigenvalue weighted by molar-refractivity contribution is 5.97. The molecule has 188 valence electrons. The minimum atomic E-state index is -0.773. The van der Waals surface area contributed by atoms with Crippen LogP contribution in [0.5, 0.6) is 0 Å². The summed E-state index contributed by atoms with van der Waals surface area (Å²) in [4.78, 5) is 44.6. The van der Waals surface area contributed by atoms with Crippen molar-refractivity contribution in [3.05, 3.63) is 35.5 Å². The van der Waals surface area contributed by atoms with Gasteiger partial charge in [-0.2, -0.15) is 4.98 Å². The van der Waals surface area contributed by atoms with Gasteiger partial charge in [-0.05, 0) is 50.0 Å². The number of nitrogens with one attached hydrogen (secondary N) is 2. The van der Waals surface area contributed by atoms with Gasteiger partial charge in [0.2, 0.25) is 5.95 Å². The number of anilines is 3. The Morgan fingerprint density at radius 1 is 1.11 bits per heavy atom. The van der Waals surface area contributed by atoms with Crippen LogP contribution in [0.3, 0.4) is 0 Å². The zero-order chi connectivity index (χ0) is 25.5. The van der Waals surface area contributed by atoms with Gasteiger partial charge in [-0.1, -0.05) is 5.92 Å². The molecule has 1 aromatic heterocycles. The second kappa shape index (κ2) is 11.5. The minimum absolute atomic E-state index is 0.0645. The molecule has 12 heteroatoms. The van der Waals surface area contributed by atoms with Crippen LogP contribution in [-0.4, -0.2) is 83.2 Å². The number of benzene rings is 1. The lowest BCUT2D eigenvalue weighted by molar-refractivity contribution is -0.116. The Morgan fingerprint density at radius 3 is 2.56 bits per heavy atom. The van der Waals surface area contributed by atoms with Crippen molar-refractivity contribution in [1.29, 1.82) is 0 Å². The van der Waals surface area contributed by atoms with Crippen molar-refractivity contribution >= 4 is 35.2 Å². The molecule has 3 amide bonds. The molecule has 12 nitrogen and oxygen atoms in total. The molecule has 36 heavy (non-hydrogen) atoms. The monoisotopic (exact) mass is 492 g/mol. The Hall–Kier alpha value is -4.24. The second-order valence-corrected chi connectivity index (χ2v) is 8.41. The van der Waals surface area contributed by atoms with Crippen LogP contribution in [-0.2, 0) is 9.53 Å². The maximum Gasteiger partial charge on any atom is 0.296 e. The van der Waals surface area contributed by atoms with Gasteiger partial charge in [-0.15, -0.1) is 10.2 Å². The van der Waals surface area contributed by atoms with Gasteiger partial charge in [0.05, 0.1) is 13.2 Å². The average Bonchev–Trinajstić information content (AvgIpc) is 2.89. The van der Waals surface area contributed by atoms with Crippen LogP contribution in [0, 0.1) is 11.8 Å². The Bertz CT molecular complexity index is 1180. The molecule has 2 aliphatic rings. The SMILES string of the molecule is CC#CC(=O)NC1CCCN(c2nnc(C(N)=O)c(Nc3ccc(C(=O)N4CCOCC4)cc3)n2)C1. The van der Waals surface area contributed by atoms with Gasteiger partial charge in [-0.3, -0.25) is 14.4 Å². The molecule has 2 fully saturated rings. The fourth-order valence-corrected chi connectivity index (χ4v) is 4.10. The Balaban J connectivity index is 1.49. The number of ether oxygens (including phenoxy) is 1. The van der Waals surface area contributed by atoms with E-state index < -0.39 is 5.91 Å². The van der Waals surface area contributed by atoms with E-state index in [9.17, 15) is 14.4 Å². The summed E-state index contributed by atoms with van der Waals surface area (Å²) in [6.45, 7) is 4.93. The molecular formula is C24H28N8O4. The van der Waals surface area contributed by atoms with Crippen LogP contribution >= 0.6 is 0 Å². The van der Waals surface area contributed by atoms with Crippen LogP contribution in [0.1, 0.15) is 40.6 Å². The minimum Gasteiger partial charge on any atom is -0.378 e. The van der Waals surface area contributed by atoms with Gasteiger partial charge < -0.3 is 30.9 Å². The number of morpholine rings is 1. The van der Waals surface area contributed by atoms with Gasteiger partial charge >= 0.3 is 0 Å². The number of rotatable bonds is 6. The molecule has 2 saturated heterocycles. The number of carbonyl (C=O) groups is 3. The number of nitrogens with two attached hydrogens (primary N) is 1. The fourth-order valence-electron chi connectivity index (χ4n) is 4.10. The van der Waals surface area contributed by atoms with E-state index in [1.807, 2.05) is 4.90 Å². The molecule has 1 unspecified atom stereocenters. The lowest BCUT2D eigenvalue weighted by Crippen LogP contribution is -2.48. The maximum absolute atomic E-state index is 12.7. The highest BCUT2D eigenvalue weighted by atomic mass is 16.5. The van der Waals surface area contributed by atoms with E-state index in [4.69, 9.17) is 10.5 Å². The number of aromatic nitrogens is 3. The average molecular weight is 493 g/mol. The molecule has 0 aliphatic carbocycles. The summed E-state index contributed by atoms with van der Waals surface area (Å²) >= 11 is 0. The molecule has 0 saturated carbocycles. The van der Waals surface area contributed by atoms with E-state index in [-0.39, 0.29) is 29.4 Å². The predicted octanol–water partition coefficient (Wildman–Crippen LogP) is 0.295. The van der Waals surface area contributed by atoms with Crippen LogP contribution in [0.2, 0.25) is 0 Å². The number of nitrogens with zero attached hydrogens (tertiary/aromatic N) is 5. The highest BCUT2D eigenvalue weighted by Crippen LogP contribution is 2.22.